The maximum atomic E-state index is 12.7. The predicted molar refractivity (Wildman–Crippen MR) is 82.3 cm³/mol. The van der Waals surface area contributed by atoms with Crippen LogP contribution >= 0.6 is 11.3 Å². The van der Waals surface area contributed by atoms with Gasteiger partial charge in [0.2, 0.25) is 10.0 Å². The first-order valence-electron chi connectivity index (χ1n) is 6.97. The normalized spacial score (nSPS) is 18.8. The fourth-order valence-corrected chi connectivity index (χ4v) is 5.38. The van der Waals surface area contributed by atoms with Crippen molar-refractivity contribution >= 4 is 21.4 Å². The van der Waals surface area contributed by atoms with Crippen LogP contribution in [0, 0.1) is 0 Å². The molecular weight excluding hydrogens is 294 g/mol. The summed E-state index contributed by atoms with van der Waals surface area (Å²) in [6.07, 6.45) is 1.79. The summed E-state index contributed by atoms with van der Waals surface area (Å²) in [6, 6.07) is 1.76. The molecule has 2 heterocycles. The highest BCUT2D eigenvalue weighted by atomic mass is 32.2. The number of thiophene rings is 1. The first-order valence-corrected chi connectivity index (χ1v) is 9.29. The number of sulfonamides is 1. The lowest BCUT2D eigenvalue weighted by molar-refractivity contribution is 0.176. The van der Waals surface area contributed by atoms with Crippen molar-refractivity contribution in [2.75, 3.05) is 26.7 Å². The van der Waals surface area contributed by atoms with Crippen LogP contribution in [0.25, 0.3) is 0 Å². The van der Waals surface area contributed by atoms with Crippen molar-refractivity contribution in [3.05, 3.63) is 16.3 Å². The summed E-state index contributed by atoms with van der Waals surface area (Å²) in [6.45, 7) is 5.38. The molecule has 0 saturated carbocycles. The van der Waals surface area contributed by atoms with Gasteiger partial charge in [0, 0.05) is 24.5 Å². The van der Waals surface area contributed by atoms with Gasteiger partial charge in [-0.1, -0.05) is 6.92 Å². The van der Waals surface area contributed by atoms with E-state index in [1.807, 2.05) is 0 Å². The van der Waals surface area contributed by atoms with Crippen LogP contribution in [0.1, 0.15) is 24.6 Å². The van der Waals surface area contributed by atoms with E-state index in [4.69, 9.17) is 5.73 Å². The highest BCUT2D eigenvalue weighted by molar-refractivity contribution is 7.89. The number of nitrogens with two attached hydrogens (primary N) is 1. The van der Waals surface area contributed by atoms with Crippen LogP contribution < -0.4 is 5.73 Å². The van der Waals surface area contributed by atoms with Crippen molar-refractivity contribution in [3.63, 3.8) is 0 Å². The molecule has 2 N–H and O–H groups in total. The number of piperidine rings is 1. The molecule has 0 unspecified atom stereocenters. The molecule has 1 saturated heterocycles. The van der Waals surface area contributed by atoms with Crippen molar-refractivity contribution in [2.45, 2.75) is 37.2 Å². The topological polar surface area (TPSA) is 66.6 Å². The molecule has 1 aliphatic heterocycles. The lowest BCUT2D eigenvalue weighted by Crippen LogP contribution is -2.45. The fourth-order valence-electron chi connectivity index (χ4n) is 2.66. The SMILES string of the molecule is CCN1CCC(N(C)S(=O)(=O)c2ccsc2CN)CC1. The molecule has 7 heteroatoms. The Kier molecular flexibility index (Phi) is 5.19. The van der Waals surface area contributed by atoms with Gasteiger partial charge >= 0.3 is 0 Å². The highest BCUT2D eigenvalue weighted by Crippen LogP contribution is 2.27. The van der Waals surface area contributed by atoms with E-state index >= 15 is 0 Å². The summed E-state index contributed by atoms with van der Waals surface area (Å²) < 4.78 is 26.9. The van der Waals surface area contributed by atoms with Crippen molar-refractivity contribution < 1.29 is 8.42 Å². The molecule has 0 aliphatic carbocycles. The molecule has 1 aromatic rings. The number of hydrogen-bond donors (Lipinski definition) is 1. The average Bonchev–Trinajstić information content (AvgIpc) is 2.95. The highest BCUT2D eigenvalue weighted by Gasteiger charge is 2.32. The number of likely N-dealkylation sites (tertiary alicyclic amines) is 1. The van der Waals surface area contributed by atoms with Crippen LogP contribution in [0.4, 0.5) is 0 Å². The van der Waals surface area contributed by atoms with Crippen LogP contribution in [0.15, 0.2) is 16.3 Å². The summed E-state index contributed by atoms with van der Waals surface area (Å²) in [5.74, 6) is 0. The van der Waals surface area contributed by atoms with E-state index in [1.54, 1.807) is 22.8 Å². The molecule has 0 atom stereocenters. The molecule has 20 heavy (non-hydrogen) atoms. The van der Waals surface area contributed by atoms with E-state index in [2.05, 4.69) is 11.8 Å². The molecule has 5 nitrogen and oxygen atoms in total. The summed E-state index contributed by atoms with van der Waals surface area (Å²) in [7, 11) is -1.72. The standard InChI is InChI=1S/C13H23N3O2S2/c1-3-16-7-4-11(5-8-16)15(2)20(17,18)13-6-9-19-12(13)10-14/h6,9,11H,3-5,7-8,10,14H2,1-2H3. The van der Waals surface area contributed by atoms with Gasteiger partial charge in [-0.3, -0.25) is 0 Å². The molecule has 1 aliphatic rings. The Labute approximate surface area is 125 Å². The third kappa shape index (κ3) is 3.07. The van der Waals surface area contributed by atoms with Crippen molar-refractivity contribution in [1.29, 1.82) is 0 Å². The lowest BCUT2D eigenvalue weighted by Gasteiger charge is -2.35. The summed E-state index contributed by atoms with van der Waals surface area (Å²) >= 11 is 1.41. The quantitative estimate of drug-likeness (QED) is 0.889. The lowest BCUT2D eigenvalue weighted by atomic mass is 10.1. The van der Waals surface area contributed by atoms with Gasteiger partial charge in [0.05, 0.1) is 4.90 Å². The maximum absolute atomic E-state index is 12.7. The molecule has 0 spiro atoms. The minimum Gasteiger partial charge on any atom is -0.326 e. The molecule has 0 radical (unpaired) electrons. The second-order valence-electron chi connectivity index (χ2n) is 5.10. The Morgan fingerprint density at radius 1 is 1.45 bits per heavy atom. The van der Waals surface area contributed by atoms with E-state index in [9.17, 15) is 8.42 Å². The van der Waals surface area contributed by atoms with Crippen molar-refractivity contribution in [2.24, 2.45) is 5.73 Å². The van der Waals surface area contributed by atoms with Gasteiger partial charge in [-0.25, -0.2) is 8.42 Å². The molecule has 0 aromatic carbocycles. The molecule has 0 bridgehead atoms. The second kappa shape index (κ2) is 6.53. The zero-order chi connectivity index (χ0) is 14.8. The molecule has 1 fully saturated rings. The Balaban J connectivity index is 2.14. The van der Waals surface area contributed by atoms with Crippen molar-refractivity contribution in [3.8, 4) is 0 Å². The van der Waals surface area contributed by atoms with E-state index in [0.717, 1.165) is 37.4 Å². The minimum atomic E-state index is -3.42. The van der Waals surface area contributed by atoms with Gasteiger partial charge in [-0.15, -0.1) is 11.3 Å². The Morgan fingerprint density at radius 3 is 2.65 bits per heavy atom. The second-order valence-corrected chi connectivity index (χ2v) is 8.07. The largest absolute Gasteiger partial charge is 0.326 e. The van der Waals surface area contributed by atoms with Crippen LogP contribution in [0.3, 0.4) is 0 Å². The smallest absolute Gasteiger partial charge is 0.244 e. The molecule has 0 amide bonds. The van der Waals surface area contributed by atoms with Crippen LogP contribution in [0.5, 0.6) is 0 Å². The number of nitrogens with zero attached hydrogens (tertiary/aromatic N) is 2. The molecular formula is C13H23N3O2S2. The Bertz CT molecular complexity index is 534. The van der Waals surface area contributed by atoms with Crippen LogP contribution in [-0.4, -0.2) is 50.3 Å². The fraction of sp³-hybridized carbons (Fsp3) is 0.692. The Morgan fingerprint density at radius 2 is 2.10 bits per heavy atom. The summed E-state index contributed by atoms with van der Waals surface area (Å²) in [5, 5.41) is 1.79. The Hall–Kier alpha value is -0.470. The first-order chi connectivity index (χ1) is 9.50. The van der Waals surface area contributed by atoms with Crippen LogP contribution in [-0.2, 0) is 16.6 Å². The third-order valence-corrected chi connectivity index (χ3v) is 7.13. The number of rotatable bonds is 5. The third-order valence-electron chi connectivity index (χ3n) is 4.07. The van der Waals surface area contributed by atoms with E-state index in [1.165, 1.54) is 11.3 Å². The zero-order valence-corrected chi connectivity index (χ0v) is 13.7. The van der Waals surface area contributed by atoms with Gasteiger partial charge in [0.15, 0.2) is 0 Å². The van der Waals surface area contributed by atoms with Crippen molar-refractivity contribution in [1.82, 2.24) is 9.21 Å². The van der Waals surface area contributed by atoms with Gasteiger partial charge in [-0.05, 0) is 43.9 Å². The van der Waals surface area contributed by atoms with Gasteiger partial charge in [0.1, 0.15) is 0 Å². The number of hydrogen-bond acceptors (Lipinski definition) is 5. The summed E-state index contributed by atoms with van der Waals surface area (Å²) in [4.78, 5) is 3.47. The maximum Gasteiger partial charge on any atom is 0.244 e. The predicted octanol–water partition coefficient (Wildman–Crippen LogP) is 1.31. The summed E-state index contributed by atoms with van der Waals surface area (Å²) in [5.41, 5.74) is 5.63. The molecule has 114 valence electrons. The van der Waals surface area contributed by atoms with E-state index in [0.29, 0.717) is 4.90 Å². The van der Waals surface area contributed by atoms with Gasteiger partial charge in [-0.2, -0.15) is 4.31 Å². The zero-order valence-electron chi connectivity index (χ0n) is 12.1. The van der Waals surface area contributed by atoms with Crippen LogP contribution in [0.2, 0.25) is 0 Å². The minimum absolute atomic E-state index is 0.0910. The molecule has 1 aromatic heterocycles. The van der Waals surface area contributed by atoms with Gasteiger partial charge < -0.3 is 10.6 Å². The molecule has 2 rings (SSSR count). The van der Waals surface area contributed by atoms with Gasteiger partial charge in [0.25, 0.3) is 0 Å². The average molecular weight is 317 g/mol. The first kappa shape index (κ1) is 15.9. The van der Waals surface area contributed by atoms with E-state index < -0.39 is 10.0 Å². The monoisotopic (exact) mass is 317 g/mol. The van der Waals surface area contributed by atoms with E-state index in [-0.39, 0.29) is 12.6 Å².